The third-order valence-corrected chi connectivity index (χ3v) is 27.6. The van der Waals surface area contributed by atoms with E-state index in [0.29, 0.717) is 114 Å². The average Bonchev–Trinajstić information content (AvgIpc) is 1.16. The van der Waals surface area contributed by atoms with Crippen LogP contribution in [0.4, 0.5) is 34.0 Å². The first kappa shape index (κ1) is 90.8. The van der Waals surface area contributed by atoms with Crippen molar-refractivity contribution in [2.45, 2.75) is 27.7 Å². The first-order valence-electron chi connectivity index (χ1n) is 40.4. The van der Waals surface area contributed by atoms with Crippen LogP contribution in [-0.2, 0) is 80.3 Å². The number of aromatic nitrogens is 12. The topological polar surface area (TPSA) is 323 Å². The van der Waals surface area contributed by atoms with E-state index in [4.69, 9.17) is 82.0 Å². The Morgan fingerprint density at radius 1 is 0.351 bits per heavy atom. The monoisotopic (exact) mass is 2490 g/mol. The predicted molar refractivity (Wildman–Crippen MR) is 533 cm³/mol. The van der Waals surface area contributed by atoms with Crippen molar-refractivity contribution < 1.29 is 80.3 Å². The van der Waals surface area contributed by atoms with Crippen LogP contribution in [0, 0.1) is 13.8 Å². The van der Waals surface area contributed by atoms with Crippen LogP contribution in [0.3, 0.4) is 0 Å². The van der Waals surface area contributed by atoms with Crippen LogP contribution < -0.4 is 10.0 Å². The predicted octanol–water partition coefficient (Wildman–Crippen LogP) is 24.7. The Kier molecular flexibility index (Phi) is 26.2. The molecule has 1 radical (unpaired) electrons. The van der Waals surface area contributed by atoms with E-state index in [9.17, 15) is 0 Å². The number of guanidine groups is 2. The number of aryl methyl sites for hydroxylation is 2. The molecule has 8 aromatic heterocycles. The number of nitrogens with zero attached hydrogens (tertiary/aromatic N) is 30. The molecule has 0 atom stereocenters. The van der Waals surface area contributed by atoms with Gasteiger partial charge in [0.05, 0.1) is 34.3 Å². The summed E-state index contributed by atoms with van der Waals surface area (Å²) in [4.78, 5) is 65.4. The van der Waals surface area contributed by atoms with Gasteiger partial charge in [0.25, 0.3) is 0 Å². The second kappa shape index (κ2) is 38.6. The Balaban J connectivity index is 0.000000118. The molecule has 0 spiro atoms. The van der Waals surface area contributed by atoms with E-state index in [2.05, 4.69) is 70.4 Å². The molecule has 0 saturated heterocycles. The summed E-state index contributed by atoms with van der Waals surface area (Å²) in [6.45, 7) is 8.44. The summed E-state index contributed by atoms with van der Waals surface area (Å²) >= 11 is 12.7. The zero-order valence-corrected chi connectivity index (χ0v) is 84.6. The number of para-hydroxylation sites is 6. The van der Waals surface area contributed by atoms with Crippen LogP contribution >= 0.6 is 92.4 Å². The summed E-state index contributed by atoms with van der Waals surface area (Å²) in [6.07, 6.45) is 19.6. The number of thioether (sulfide) groups is 4. The minimum Gasteiger partial charge on any atom is -0.650 e. The van der Waals surface area contributed by atoms with Crippen LogP contribution in [0.2, 0.25) is 0 Å². The Bertz CT molecular complexity index is 7090. The quantitative estimate of drug-likeness (QED) is 0.140. The van der Waals surface area contributed by atoms with Crippen molar-refractivity contribution in [3.05, 3.63) is 391 Å². The minimum atomic E-state index is 0. The molecule has 32 bridgehead atoms. The molecule has 0 N–H and O–H groups in total. The zero-order valence-electron chi connectivity index (χ0n) is 70.3. The molecule has 0 aliphatic carbocycles. The summed E-state index contributed by atoms with van der Waals surface area (Å²) in [5.41, 5.74) is 14.5. The maximum absolute atomic E-state index is 5.06. The van der Waals surface area contributed by atoms with Gasteiger partial charge >= 0.3 is 80.3 Å². The van der Waals surface area contributed by atoms with E-state index < -0.39 is 0 Å². The SMILES string of the molecule is C1=C2[N-]C(=NN2c2ccccc2)c2cn(-c3ccccc3)c(n2)C=C2[N-]C(=NN2c2ccccc2)c2cn(-c3ccccc3)c1n2.C1=C2[N-]C(=Nc3csc(n3)C3=CSC(=Nc4nc2cs4)[N-]3)S1.CC1=C2[N-]C(=Cc3nc(c(C)s3)C3=C(C)SC(=Cc4nc2c(C)s4)[N-]3)S1.CN1C=C2[N-]C1=Nc1cn(-c3ccccc3)c(n1)C1=CN(C)C(=Nc3cn(-c4ccccc4)c2n3)[N-]1.[Cu+2].[Pt+2].[Pt+2].[Pt+2]. The Morgan fingerprint density at radius 2 is 0.769 bits per heavy atom. The maximum Gasteiger partial charge on any atom is 2.00 e. The molecule has 0 saturated carbocycles. The molecule has 20 heterocycles. The van der Waals surface area contributed by atoms with Gasteiger partial charge in [0.15, 0.2) is 0 Å². The van der Waals surface area contributed by atoms with Crippen LogP contribution in [0.15, 0.2) is 302 Å². The van der Waals surface area contributed by atoms with Crippen LogP contribution in [0.5, 0.6) is 0 Å². The number of aliphatic imine (C=N–C) groups is 4. The molecule has 0 fully saturated rings. The average molecular weight is 2490 g/mol. The number of anilines is 2. The fourth-order valence-electron chi connectivity index (χ4n) is 14.8. The fraction of sp³-hybridized carbons (Fsp3) is 0.0652. The van der Waals surface area contributed by atoms with Gasteiger partial charge in [-0.15, -0.1) is 92.4 Å². The molecule has 669 valence electrons. The van der Waals surface area contributed by atoms with Gasteiger partial charge in [0.2, 0.25) is 0 Å². The number of thiazole rings is 4. The third kappa shape index (κ3) is 18.3. The molecule has 134 heavy (non-hydrogen) atoms. The third-order valence-electron chi connectivity index (χ3n) is 20.9. The summed E-state index contributed by atoms with van der Waals surface area (Å²) in [5, 5.41) is 66.5. The standard InChI is InChI=1S/C36H24N10.C26H20N10.C18H14N4S4.C12H4N6S4.Cu.3Pt/c1-5-13-25(14-6-1)43-23-29-35-40-34(46(41-35)28-19-11-4-12-20-28)22-32-38-30(24-44(32)26-15-7-2-8-16-26)36-39-33(21-31(43)37-29)45(42-36)27-17-9-3-10-18-27;1-33-13-19-23-30-22(16-35(23)17-9-5-3-6-10-17)32-26-28-20(14-34(26)2)24-29-21(31-25(33)27-19)15-36(24)18-11-7-4-8-12-18;1-7-15-16-8(2)24-13(20-16)6-14-22-18(10(4)26-14)17-9(3)25-12(21-17)5-11(19-15)23-7;1-5-6-2-21-11(14-6)18-12-15-7(3-22-12)9-16-8(4-19-9)17-10(13-5)20-1;;;;/h1-24H;3-16H,1-2H3;5-6H,1-4H3;1-4H;;;;/q4*-2;4*+2. The molecule has 0 unspecified atom stereocenters. The first-order valence-corrected chi connectivity index (χ1v) is 47.2. The van der Waals surface area contributed by atoms with E-state index in [1.165, 1.54) is 65.8 Å². The van der Waals surface area contributed by atoms with Crippen LogP contribution in [0.1, 0.15) is 90.4 Å². The molecule has 30 nitrogen and oxygen atoms in total. The number of rotatable bonds is 6. The van der Waals surface area contributed by atoms with E-state index in [0.717, 1.165) is 99.1 Å². The van der Waals surface area contributed by atoms with Gasteiger partial charge in [-0.1, -0.05) is 155 Å². The second-order valence-electron chi connectivity index (χ2n) is 29.7. The number of imidazole rings is 4. The molecule has 26 rings (SSSR count). The largest absolute Gasteiger partial charge is 2.00 e. The Morgan fingerprint density at radius 3 is 1.22 bits per heavy atom. The number of benzene rings is 6. The van der Waals surface area contributed by atoms with Gasteiger partial charge in [-0.05, 0) is 175 Å². The van der Waals surface area contributed by atoms with Gasteiger partial charge in [-0.3, -0.25) is 18.3 Å². The number of hydrogen-bond acceptors (Lipinski definition) is 26. The van der Waals surface area contributed by atoms with Crippen molar-refractivity contribution >= 4 is 219 Å². The van der Waals surface area contributed by atoms with Crippen molar-refractivity contribution in [2.75, 3.05) is 24.1 Å². The summed E-state index contributed by atoms with van der Waals surface area (Å²) in [5.74, 6) is 7.60. The van der Waals surface area contributed by atoms with Gasteiger partial charge in [-0.2, -0.15) is 0 Å². The number of amidine groups is 4. The van der Waals surface area contributed by atoms with Crippen molar-refractivity contribution in [1.29, 1.82) is 0 Å². The molecule has 42 heteroatoms. The molecule has 14 aromatic rings. The number of fused-ring (bicyclic) bond motifs is 40. The molecule has 12 aliphatic rings. The van der Waals surface area contributed by atoms with Crippen molar-refractivity contribution in [2.24, 2.45) is 30.2 Å². The summed E-state index contributed by atoms with van der Waals surface area (Å²) < 4.78 is 8.01. The van der Waals surface area contributed by atoms with E-state index in [1.54, 1.807) is 46.2 Å². The maximum atomic E-state index is 5.06. The van der Waals surface area contributed by atoms with Crippen molar-refractivity contribution in [1.82, 2.24) is 67.9 Å². The van der Waals surface area contributed by atoms with Crippen molar-refractivity contribution in [3.63, 3.8) is 0 Å². The van der Waals surface area contributed by atoms with Crippen LogP contribution in [-0.4, -0.2) is 116 Å². The van der Waals surface area contributed by atoms with Crippen LogP contribution in [0.25, 0.3) is 124 Å². The molecule has 12 aliphatic heterocycles. The normalized spacial score (nSPS) is 16.0. The zero-order chi connectivity index (χ0) is 87.2. The number of hydrogen-bond donors (Lipinski definition) is 0. The smallest absolute Gasteiger partial charge is 0.650 e. The minimum absolute atomic E-state index is 0. The Labute approximate surface area is 854 Å². The van der Waals surface area contributed by atoms with Gasteiger partial charge in [-0.25, -0.2) is 39.9 Å². The van der Waals surface area contributed by atoms with E-state index in [1.807, 2.05) is 305 Å². The molecule has 6 aromatic carbocycles. The summed E-state index contributed by atoms with van der Waals surface area (Å²) in [6, 6.07) is 60.0. The van der Waals surface area contributed by atoms with Gasteiger partial charge < -0.3 is 92.5 Å². The van der Waals surface area contributed by atoms with E-state index >= 15 is 0 Å². The molecular weight excluding hydrogens is 2430 g/mol. The van der Waals surface area contributed by atoms with Gasteiger partial charge in [0, 0.05) is 120 Å². The second-order valence-corrected chi connectivity index (χ2v) is 38.0. The number of allylic oxidation sites excluding steroid dienone is 2. The Hall–Kier alpha value is -12.3. The summed E-state index contributed by atoms with van der Waals surface area (Å²) in [7, 11) is 3.82. The first-order chi connectivity index (χ1) is 63.7. The molecular formula is C92H62CuN30Pt3S8. The van der Waals surface area contributed by atoms with Crippen molar-refractivity contribution in [3.8, 4) is 22.7 Å². The fourth-order valence-corrected chi connectivity index (χ4v) is 21.3. The molecule has 0 amide bonds. The number of hydrazone groups is 2. The van der Waals surface area contributed by atoms with Gasteiger partial charge in [0.1, 0.15) is 55.1 Å². The van der Waals surface area contributed by atoms with E-state index in [-0.39, 0.29) is 80.3 Å².